The van der Waals surface area contributed by atoms with Gasteiger partial charge in [0.2, 0.25) is 0 Å². The van der Waals surface area contributed by atoms with Crippen LogP contribution < -0.4 is 0 Å². The lowest BCUT2D eigenvalue weighted by atomic mass is 10.1. The van der Waals surface area contributed by atoms with E-state index in [1.807, 2.05) is 30.3 Å². The van der Waals surface area contributed by atoms with Gasteiger partial charge in [0.05, 0.1) is 13.2 Å². The summed E-state index contributed by atoms with van der Waals surface area (Å²) in [6.07, 6.45) is -5.24. The first-order valence-corrected chi connectivity index (χ1v) is 6.84. The van der Waals surface area contributed by atoms with E-state index in [1.54, 1.807) is 0 Å². The van der Waals surface area contributed by atoms with E-state index in [4.69, 9.17) is 14.2 Å². The summed E-state index contributed by atoms with van der Waals surface area (Å²) < 4.78 is 15.3. The van der Waals surface area contributed by atoms with E-state index in [0.717, 1.165) is 5.56 Å². The summed E-state index contributed by atoms with van der Waals surface area (Å²) >= 11 is 0. The predicted octanol–water partition coefficient (Wildman–Crippen LogP) is -0.218. The Hall–Kier alpha value is -1.96. The van der Waals surface area contributed by atoms with Crippen molar-refractivity contribution in [2.75, 3.05) is 6.61 Å². The van der Waals surface area contributed by atoms with Gasteiger partial charge in [-0.05, 0) is 5.56 Å². The molecule has 0 spiro atoms. The first-order chi connectivity index (χ1) is 10.5. The van der Waals surface area contributed by atoms with E-state index in [-0.39, 0.29) is 13.2 Å². The normalized spacial score (nSPS) is 25.6. The number of carbonyl (C=O) groups excluding carboxylic acids is 2. The molecule has 0 bridgehead atoms. The van der Waals surface area contributed by atoms with Crippen molar-refractivity contribution in [3.05, 3.63) is 35.9 Å². The van der Waals surface area contributed by atoms with Crippen LogP contribution >= 0.6 is 0 Å². The Labute approximate surface area is 127 Å². The number of carbonyl (C=O) groups is 2. The molecule has 4 atom stereocenters. The molecule has 1 aliphatic heterocycles. The molecule has 0 saturated carbocycles. The highest BCUT2D eigenvalue weighted by Gasteiger charge is 2.47. The summed E-state index contributed by atoms with van der Waals surface area (Å²) in [6.45, 7) is 1.40. The second-order valence-corrected chi connectivity index (χ2v) is 4.99. The molecule has 1 fully saturated rings. The quantitative estimate of drug-likeness (QED) is 0.700. The Morgan fingerprint density at radius 3 is 2.55 bits per heavy atom. The molecular weight excluding hydrogens is 292 g/mol. The molecule has 0 aliphatic carbocycles. The fourth-order valence-corrected chi connectivity index (χ4v) is 2.16. The van der Waals surface area contributed by atoms with Gasteiger partial charge in [-0.1, -0.05) is 30.3 Å². The molecule has 22 heavy (non-hydrogen) atoms. The fraction of sp³-hybridized carbons (Fsp3) is 0.467. The maximum absolute atomic E-state index is 11.3. The second-order valence-electron chi connectivity index (χ2n) is 4.99. The minimum atomic E-state index is -1.64. The summed E-state index contributed by atoms with van der Waals surface area (Å²) in [5.41, 5.74) is 0.924. The second kappa shape index (κ2) is 7.35. The van der Waals surface area contributed by atoms with Crippen LogP contribution in [-0.4, -0.2) is 53.2 Å². The topological polar surface area (TPSA) is 102 Å². The van der Waals surface area contributed by atoms with Gasteiger partial charge >= 0.3 is 11.9 Å². The van der Waals surface area contributed by atoms with Gasteiger partial charge in [-0.2, -0.15) is 0 Å². The standard InChI is InChI=1S/C15H18O7/c1-9(16)21-11(14-12(17)13(18)15(19)22-14)8-20-7-10-5-3-2-4-6-10/h2-6,11-14,17-18H,7-8H2,1H3/t11-,12+,13-,14+/m0/s1. The first-order valence-electron chi connectivity index (χ1n) is 6.84. The molecule has 0 radical (unpaired) electrons. The number of ether oxygens (including phenoxy) is 3. The highest BCUT2D eigenvalue weighted by Crippen LogP contribution is 2.21. The maximum Gasteiger partial charge on any atom is 0.338 e. The average molecular weight is 310 g/mol. The molecule has 2 N–H and O–H groups in total. The third-order valence-electron chi connectivity index (χ3n) is 3.23. The minimum Gasteiger partial charge on any atom is -0.456 e. The third-order valence-corrected chi connectivity index (χ3v) is 3.23. The van der Waals surface area contributed by atoms with Gasteiger partial charge in [0, 0.05) is 6.92 Å². The predicted molar refractivity (Wildman–Crippen MR) is 73.5 cm³/mol. The van der Waals surface area contributed by atoms with Crippen LogP contribution in [0.3, 0.4) is 0 Å². The van der Waals surface area contributed by atoms with Gasteiger partial charge in [-0.25, -0.2) is 4.79 Å². The minimum absolute atomic E-state index is 0.0732. The van der Waals surface area contributed by atoms with Crippen molar-refractivity contribution in [3.63, 3.8) is 0 Å². The maximum atomic E-state index is 11.3. The van der Waals surface area contributed by atoms with Crippen LogP contribution in [0.25, 0.3) is 0 Å². The van der Waals surface area contributed by atoms with Crippen LogP contribution in [0.4, 0.5) is 0 Å². The van der Waals surface area contributed by atoms with E-state index >= 15 is 0 Å². The summed E-state index contributed by atoms with van der Waals surface area (Å²) in [5, 5.41) is 19.2. The Morgan fingerprint density at radius 1 is 1.32 bits per heavy atom. The van der Waals surface area contributed by atoms with Crippen LogP contribution in [0, 0.1) is 0 Å². The number of hydrogen-bond donors (Lipinski definition) is 2. The van der Waals surface area contributed by atoms with E-state index in [1.165, 1.54) is 6.92 Å². The number of esters is 2. The molecule has 2 rings (SSSR count). The first kappa shape index (κ1) is 16.4. The van der Waals surface area contributed by atoms with Gasteiger partial charge in [-0.15, -0.1) is 0 Å². The largest absolute Gasteiger partial charge is 0.456 e. The van der Waals surface area contributed by atoms with Crippen molar-refractivity contribution >= 4 is 11.9 Å². The number of benzene rings is 1. The number of aliphatic hydroxyl groups excluding tert-OH is 2. The lowest BCUT2D eigenvalue weighted by Gasteiger charge is -2.24. The van der Waals surface area contributed by atoms with Crippen LogP contribution in [0.2, 0.25) is 0 Å². The summed E-state index contributed by atoms with van der Waals surface area (Å²) in [7, 11) is 0. The number of cyclic esters (lactones) is 1. The van der Waals surface area contributed by atoms with Crippen molar-refractivity contribution in [1.29, 1.82) is 0 Å². The Bertz CT molecular complexity index is 516. The van der Waals surface area contributed by atoms with Crippen LogP contribution in [-0.2, 0) is 30.4 Å². The monoisotopic (exact) mass is 310 g/mol. The van der Waals surface area contributed by atoms with E-state index < -0.39 is 36.4 Å². The molecule has 1 aromatic rings. The molecule has 0 unspecified atom stereocenters. The highest BCUT2D eigenvalue weighted by atomic mass is 16.6. The Morgan fingerprint density at radius 2 is 2.00 bits per heavy atom. The zero-order valence-corrected chi connectivity index (χ0v) is 12.0. The van der Waals surface area contributed by atoms with E-state index in [9.17, 15) is 19.8 Å². The lowest BCUT2D eigenvalue weighted by Crippen LogP contribution is -2.43. The van der Waals surface area contributed by atoms with Crippen LogP contribution in [0.5, 0.6) is 0 Å². The molecular formula is C15H18O7. The van der Waals surface area contributed by atoms with Gasteiger partial charge < -0.3 is 24.4 Å². The van der Waals surface area contributed by atoms with E-state index in [0.29, 0.717) is 0 Å². The zero-order chi connectivity index (χ0) is 16.1. The van der Waals surface area contributed by atoms with Crippen LogP contribution in [0.15, 0.2) is 30.3 Å². The summed E-state index contributed by atoms with van der Waals surface area (Å²) in [4.78, 5) is 22.4. The van der Waals surface area contributed by atoms with Gasteiger partial charge in [0.25, 0.3) is 0 Å². The van der Waals surface area contributed by atoms with E-state index in [2.05, 4.69) is 0 Å². The number of rotatable bonds is 6. The lowest BCUT2D eigenvalue weighted by molar-refractivity contribution is -0.168. The van der Waals surface area contributed by atoms with Crippen molar-refractivity contribution in [1.82, 2.24) is 0 Å². The summed E-state index contributed by atoms with van der Waals surface area (Å²) in [6, 6.07) is 9.34. The Balaban J connectivity index is 1.95. The molecule has 7 nitrogen and oxygen atoms in total. The number of hydrogen-bond acceptors (Lipinski definition) is 7. The smallest absolute Gasteiger partial charge is 0.338 e. The number of aliphatic hydroxyl groups is 2. The third kappa shape index (κ3) is 4.03. The molecule has 1 aliphatic rings. The van der Waals surface area contributed by atoms with Gasteiger partial charge in [-0.3, -0.25) is 4.79 Å². The van der Waals surface area contributed by atoms with Crippen molar-refractivity contribution in [2.45, 2.75) is 37.9 Å². The molecule has 0 amide bonds. The Kier molecular flexibility index (Phi) is 5.48. The molecule has 7 heteroatoms. The molecule has 120 valence electrons. The fourth-order valence-electron chi connectivity index (χ4n) is 2.16. The van der Waals surface area contributed by atoms with Crippen molar-refractivity contribution in [2.24, 2.45) is 0 Å². The SMILES string of the molecule is CC(=O)O[C@@H](COCc1ccccc1)[C@H]1OC(=O)[C@@H](O)[C@H]1O. The molecule has 1 saturated heterocycles. The molecule has 1 heterocycles. The average Bonchev–Trinajstić information content (AvgIpc) is 2.74. The van der Waals surface area contributed by atoms with Crippen molar-refractivity contribution in [3.8, 4) is 0 Å². The van der Waals surface area contributed by atoms with Crippen LogP contribution in [0.1, 0.15) is 12.5 Å². The van der Waals surface area contributed by atoms with Gasteiger partial charge in [0.15, 0.2) is 18.3 Å². The molecule has 1 aromatic carbocycles. The molecule has 0 aromatic heterocycles. The highest BCUT2D eigenvalue weighted by molar-refractivity contribution is 5.78. The zero-order valence-electron chi connectivity index (χ0n) is 12.0. The van der Waals surface area contributed by atoms with Crippen molar-refractivity contribution < 1.29 is 34.0 Å². The van der Waals surface area contributed by atoms with Gasteiger partial charge in [0.1, 0.15) is 6.10 Å². The summed E-state index contributed by atoms with van der Waals surface area (Å²) in [5.74, 6) is -1.55.